The van der Waals surface area contributed by atoms with Crippen molar-refractivity contribution in [2.45, 2.75) is 81.6 Å². The van der Waals surface area contributed by atoms with Gasteiger partial charge in [-0.25, -0.2) is 9.97 Å². The molecule has 0 unspecified atom stereocenters. The summed E-state index contributed by atoms with van der Waals surface area (Å²) in [5.41, 5.74) is 12.5. The zero-order valence-electron chi connectivity index (χ0n) is 28.8. The smallest absolute Gasteiger partial charge is 0.270 e. The fourth-order valence-electron chi connectivity index (χ4n) is 6.41. The van der Waals surface area contributed by atoms with Gasteiger partial charge in [-0.2, -0.15) is 0 Å². The molecule has 0 saturated carbocycles. The van der Waals surface area contributed by atoms with Crippen LogP contribution in [0.25, 0.3) is 0 Å². The molecule has 8 rings (SSSR count). The van der Waals surface area contributed by atoms with Gasteiger partial charge in [0, 0.05) is 26.2 Å². The third-order valence-corrected chi connectivity index (χ3v) is 10.0. The number of pyridine rings is 2. The monoisotopic (exact) mass is 646 g/mol. The van der Waals surface area contributed by atoms with E-state index in [1.165, 1.54) is 0 Å². The Morgan fingerprint density at radius 2 is 0.562 bits per heavy atom. The molecule has 48 heavy (non-hydrogen) atoms. The summed E-state index contributed by atoms with van der Waals surface area (Å²) < 4.78 is 0. The summed E-state index contributed by atoms with van der Waals surface area (Å²) in [6.45, 7) is 17.1. The topological polar surface area (TPSA) is 142 Å². The average molecular weight is 647 g/mol. The van der Waals surface area contributed by atoms with Crippen LogP contribution in [0.15, 0.2) is 36.4 Å². The van der Waals surface area contributed by atoms with E-state index in [1.807, 2.05) is 55.4 Å². The minimum atomic E-state index is -0.383. The highest BCUT2D eigenvalue weighted by atomic mass is 16.2. The summed E-state index contributed by atoms with van der Waals surface area (Å²) >= 11 is 0. The highest BCUT2D eigenvalue weighted by Crippen LogP contribution is 2.28. The highest BCUT2D eigenvalue weighted by Gasteiger charge is 2.21. The Labute approximate surface area is 281 Å². The van der Waals surface area contributed by atoms with Crippen molar-refractivity contribution in [3.8, 4) is 0 Å². The summed E-state index contributed by atoms with van der Waals surface area (Å²) in [4.78, 5) is 61.7. The van der Waals surface area contributed by atoms with Gasteiger partial charge in [0.05, 0.1) is 0 Å². The molecule has 6 heterocycles. The maximum atomic E-state index is 13.2. The Balaban J connectivity index is 1.53. The van der Waals surface area contributed by atoms with Crippen LogP contribution < -0.4 is 21.3 Å². The lowest BCUT2D eigenvalue weighted by molar-refractivity contribution is 0.0925. The highest BCUT2D eigenvalue weighted by molar-refractivity contribution is 5.97. The van der Waals surface area contributed by atoms with E-state index < -0.39 is 0 Å². The molecule has 0 saturated heterocycles. The van der Waals surface area contributed by atoms with Crippen molar-refractivity contribution in [2.75, 3.05) is 0 Å². The van der Waals surface area contributed by atoms with E-state index in [-0.39, 0.29) is 72.6 Å². The molecule has 4 aliphatic rings. The summed E-state index contributed by atoms with van der Waals surface area (Å²) in [5.74, 6) is -1.53. The lowest BCUT2D eigenvalue weighted by Gasteiger charge is -2.22. The molecule has 2 aromatic heterocycles. The van der Waals surface area contributed by atoms with Gasteiger partial charge in [0.25, 0.3) is 23.6 Å². The summed E-state index contributed by atoms with van der Waals surface area (Å²) in [6, 6.07) is 9.66. The van der Waals surface area contributed by atoms with Gasteiger partial charge in [0.1, 0.15) is 22.8 Å². The number of hydrogen-bond donors (Lipinski definition) is 4. The second kappa shape index (κ2) is 13.8. The maximum absolute atomic E-state index is 13.2. The molecule has 10 heteroatoms. The van der Waals surface area contributed by atoms with Crippen LogP contribution in [0.1, 0.15) is 109 Å². The fourth-order valence-corrected chi connectivity index (χ4v) is 6.41. The van der Waals surface area contributed by atoms with Crippen LogP contribution in [-0.2, 0) is 26.2 Å². The first-order valence-electron chi connectivity index (χ1n) is 16.0. The number of amides is 4. The van der Waals surface area contributed by atoms with Crippen LogP contribution in [0.4, 0.5) is 0 Å². The molecule has 2 aromatic carbocycles. The van der Waals surface area contributed by atoms with Crippen molar-refractivity contribution in [3.63, 3.8) is 0 Å². The number of hydrogen-bond acceptors (Lipinski definition) is 6. The van der Waals surface area contributed by atoms with E-state index in [2.05, 4.69) is 31.2 Å². The quantitative estimate of drug-likeness (QED) is 0.212. The van der Waals surface area contributed by atoms with Crippen LogP contribution >= 0.6 is 0 Å². The molecule has 4 N–H and O–H groups in total. The van der Waals surface area contributed by atoms with Crippen molar-refractivity contribution < 1.29 is 19.2 Å². The average Bonchev–Trinajstić information content (AvgIpc) is 3.09. The van der Waals surface area contributed by atoms with Gasteiger partial charge in [-0.05, 0) is 146 Å². The first kappa shape index (κ1) is 34.0. The Bertz CT molecular complexity index is 1660. The normalized spacial score (nSPS) is 14.3. The van der Waals surface area contributed by atoms with Crippen LogP contribution in [0.2, 0.25) is 0 Å². The second-order valence-electron chi connectivity index (χ2n) is 12.5. The van der Waals surface area contributed by atoms with Crippen molar-refractivity contribution in [1.82, 2.24) is 31.2 Å². The van der Waals surface area contributed by atoms with Crippen molar-refractivity contribution in [2.24, 2.45) is 0 Å². The zero-order chi connectivity index (χ0) is 34.9. The second-order valence-corrected chi connectivity index (χ2v) is 12.5. The van der Waals surface area contributed by atoms with Gasteiger partial charge in [-0.1, -0.05) is 12.1 Å². The van der Waals surface area contributed by atoms with E-state index in [0.717, 1.165) is 66.8 Å². The van der Waals surface area contributed by atoms with Gasteiger partial charge < -0.3 is 21.3 Å². The Kier molecular flexibility index (Phi) is 9.74. The first-order chi connectivity index (χ1) is 22.8. The van der Waals surface area contributed by atoms with E-state index >= 15 is 0 Å². The van der Waals surface area contributed by atoms with Crippen molar-refractivity contribution in [3.05, 3.63) is 126 Å². The molecule has 0 atom stereocenters. The van der Waals surface area contributed by atoms with Crippen LogP contribution in [0, 0.1) is 55.4 Å². The third-order valence-electron chi connectivity index (χ3n) is 10.0. The SMILES string of the molecule is Cc1c(C)c2c(C)c(C)c1CNC(=O)c1cccc(n1)C(=O)NCc1c(C)c(C)c(c(C)c1C)CNC(=O)c1cccc(n1)C(=O)NC2. The zero-order valence-corrected chi connectivity index (χ0v) is 28.8. The predicted molar refractivity (Wildman–Crippen MR) is 184 cm³/mol. The number of carbonyl (C=O) groups excluding carboxylic acids is 4. The Morgan fingerprint density at radius 3 is 0.750 bits per heavy atom. The van der Waals surface area contributed by atoms with Crippen molar-refractivity contribution in [1.29, 1.82) is 0 Å². The van der Waals surface area contributed by atoms with E-state index in [0.29, 0.717) is 0 Å². The number of carbonyl (C=O) groups is 4. The molecule has 0 fully saturated rings. The summed E-state index contributed by atoms with van der Waals surface area (Å²) in [5, 5.41) is 11.9. The number of aromatic nitrogens is 2. The maximum Gasteiger partial charge on any atom is 0.270 e. The Morgan fingerprint density at radius 1 is 0.375 bits per heavy atom. The van der Waals surface area contributed by atoms with E-state index in [4.69, 9.17) is 0 Å². The molecule has 10 nitrogen and oxygen atoms in total. The molecule has 4 aromatic rings. The van der Waals surface area contributed by atoms with Crippen LogP contribution in [-0.4, -0.2) is 33.6 Å². The van der Waals surface area contributed by atoms with Crippen LogP contribution in [0.3, 0.4) is 0 Å². The molecule has 4 aliphatic heterocycles. The molecule has 0 radical (unpaired) electrons. The standard InChI is InChI=1S/C38H42N6O4/c1-19-20(2)28-16-40-36(46)32-12-10-14-34(44-32)38(48)42-18-30-25(7)23(5)29(24(6)26(30)8)17-41-37(47)33-13-9-11-31(43-33)35(45)39-15-27(19)21(3)22(28)4/h9-14H,15-18H2,1-8H3,(H,39,45)(H,40,46)(H,41,47)(H,42,48). The molecule has 0 aliphatic carbocycles. The van der Waals surface area contributed by atoms with E-state index in [1.54, 1.807) is 36.4 Å². The number of nitrogens with zero attached hydrogens (tertiary/aromatic N) is 2. The van der Waals surface area contributed by atoms with Gasteiger partial charge in [-0.3, -0.25) is 19.2 Å². The lowest BCUT2D eigenvalue weighted by Crippen LogP contribution is -2.29. The molecular weight excluding hydrogens is 604 g/mol. The number of benzene rings is 2. The van der Waals surface area contributed by atoms with Gasteiger partial charge in [-0.15, -0.1) is 0 Å². The first-order valence-corrected chi connectivity index (χ1v) is 16.0. The predicted octanol–water partition coefficient (Wildman–Crippen LogP) is 4.98. The van der Waals surface area contributed by atoms with Gasteiger partial charge >= 0.3 is 0 Å². The fraction of sp³-hybridized carbons (Fsp3) is 0.316. The van der Waals surface area contributed by atoms with Gasteiger partial charge in [0.15, 0.2) is 0 Å². The molecule has 248 valence electrons. The number of rotatable bonds is 0. The Hall–Kier alpha value is -5.38. The van der Waals surface area contributed by atoms with Crippen molar-refractivity contribution >= 4 is 23.6 Å². The molecule has 0 spiro atoms. The minimum absolute atomic E-state index is 0.148. The molecular formula is C38H42N6O4. The third kappa shape index (κ3) is 6.56. The minimum Gasteiger partial charge on any atom is -0.347 e. The van der Waals surface area contributed by atoms with Gasteiger partial charge in [0.2, 0.25) is 0 Å². The molecule has 8 bridgehead atoms. The largest absolute Gasteiger partial charge is 0.347 e. The number of nitrogens with one attached hydrogen (secondary N) is 4. The molecule has 4 amide bonds. The van der Waals surface area contributed by atoms with Crippen LogP contribution in [0.5, 0.6) is 0 Å². The lowest BCUT2D eigenvalue weighted by atomic mass is 9.88. The van der Waals surface area contributed by atoms with E-state index in [9.17, 15) is 19.2 Å². The summed E-state index contributed by atoms with van der Waals surface area (Å²) in [6.07, 6.45) is 0. The summed E-state index contributed by atoms with van der Waals surface area (Å²) in [7, 11) is 0.